The van der Waals surface area contributed by atoms with Gasteiger partial charge in [-0.05, 0) is 25.1 Å². The molecule has 94 valence electrons. The number of nitrogens with one attached hydrogen (secondary N) is 2. The normalized spacial score (nSPS) is 11.2. The van der Waals surface area contributed by atoms with Crippen LogP contribution in [0.3, 0.4) is 0 Å². The quantitative estimate of drug-likeness (QED) is 0.733. The van der Waals surface area contributed by atoms with Crippen molar-refractivity contribution in [2.75, 3.05) is 5.32 Å². The Balaban J connectivity index is 2.76. The van der Waals surface area contributed by atoms with Crippen molar-refractivity contribution in [3.05, 3.63) is 29.6 Å². The van der Waals surface area contributed by atoms with Crippen LogP contribution in [0.1, 0.15) is 12.5 Å². The fourth-order valence-electron chi connectivity index (χ4n) is 1.25. The van der Waals surface area contributed by atoms with E-state index in [-0.39, 0.29) is 5.56 Å². The molecule has 0 heterocycles. The fraction of sp³-hybridized carbons (Fsp3) is 0.182. The number of imide groups is 1. The molecule has 18 heavy (non-hydrogen) atoms. The second-order valence-corrected chi connectivity index (χ2v) is 3.53. The number of nitrogens with zero attached hydrogens (tertiary/aromatic N) is 1. The summed E-state index contributed by atoms with van der Waals surface area (Å²) in [6, 6.07) is 3.73. The fourth-order valence-corrected chi connectivity index (χ4v) is 1.25. The van der Waals surface area contributed by atoms with Gasteiger partial charge < -0.3 is 11.1 Å². The van der Waals surface area contributed by atoms with E-state index in [0.29, 0.717) is 5.69 Å². The van der Waals surface area contributed by atoms with Gasteiger partial charge in [0.05, 0.1) is 5.56 Å². The summed E-state index contributed by atoms with van der Waals surface area (Å²) in [5.41, 5.74) is 5.05. The number of halogens is 1. The maximum atomic E-state index is 13.0. The highest BCUT2D eigenvalue weighted by molar-refractivity contribution is 5.97. The summed E-state index contributed by atoms with van der Waals surface area (Å²) in [5.74, 6) is -1.26. The van der Waals surface area contributed by atoms with E-state index in [9.17, 15) is 14.0 Å². The SMILES string of the molecule is CC(Nc1ccc(F)c(C#N)c1)C(=O)NC(N)=O. The van der Waals surface area contributed by atoms with Crippen LogP contribution in [-0.2, 0) is 4.79 Å². The topological polar surface area (TPSA) is 108 Å². The van der Waals surface area contributed by atoms with E-state index in [4.69, 9.17) is 11.0 Å². The highest BCUT2D eigenvalue weighted by Gasteiger charge is 2.14. The van der Waals surface area contributed by atoms with Gasteiger partial charge >= 0.3 is 6.03 Å². The van der Waals surface area contributed by atoms with Crippen molar-refractivity contribution in [1.82, 2.24) is 5.32 Å². The monoisotopic (exact) mass is 250 g/mol. The van der Waals surface area contributed by atoms with Crippen LogP contribution in [0.15, 0.2) is 18.2 Å². The summed E-state index contributed by atoms with van der Waals surface area (Å²) in [5, 5.41) is 13.3. The molecule has 6 nitrogen and oxygen atoms in total. The second kappa shape index (κ2) is 5.63. The van der Waals surface area contributed by atoms with Gasteiger partial charge in [0.15, 0.2) is 0 Å². The molecular formula is C11H11FN4O2. The van der Waals surface area contributed by atoms with Gasteiger partial charge in [-0.25, -0.2) is 9.18 Å². The Labute approximate surface area is 103 Å². The Morgan fingerprint density at radius 2 is 2.17 bits per heavy atom. The highest BCUT2D eigenvalue weighted by atomic mass is 19.1. The van der Waals surface area contributed by atoms with Crippen LogP contribution < -0.4 is 16.4 Å². The molecule has 1 aromatic rings. The van der Waals surface area contributed by atoms with Crippen molar-refractivity contribution in [2.45, 2.75) is 13.0 Å². The smallest absolute Gasteiger partial charge is 0.318 e. The number of benzene rings is 1. The number of primary amides is 1. The van der Waals surface area contributed by atoms with Crippen molar-refractivity contribution in [3.8, 4) is 6.07 Å². The Hall–Kier alpha value is -2.62. The summed E-state index contributed by atoms with van der Waals surface area (Å²) in [6.07, 6.45) is 0. The van der Waals surface area contributed by atoms with Crippen LogP contribution >= 0.6 is 0 Å². The van der Waals surface area contributed by atoms with Gasteiger partial charge in [0.2, 0.25) is 5.91 Å². The molecule has 0 radical (unpaired) electrons. The molecule has 0 fully saturated rings. The van der Waals surface area contributed by atoms with Crippen molar-refractivity contribution >= 4 is 17.6 Å². The maximum Gasteiger partial charge on any atom is 0.318 e. The number of anilines is 1. The lowest BCUT2D eigenvalue weighted by Gasteiger charge is -2.14. The second-order valence-electron chi connectivity index (χ2n) is 3.53. The molecule has 1 atom stereocenters. The average molecular weight is 250 g/mol. The van der Waals surface area contributed by atoms with E-state index in [2.05, 4.69) is 5.32 Å². The molecule has 0 aromatic heterocycles. The molecule has 1 aromatic carbocycles. The summed E-state index contributed by atoms with van der Waals surface area (Å²) in [4.78, 5) is 21.8. The van der Waals surface area contributed by atoms with E-state index in [1.54, 1.807) is 6.07 Å². The Bertz CT molecular complexity index is 524. The molecule has 0 aliphatic heterocycles. The van der Waals surface area contributed by atoms with E-state index in [1.807, 2.05) is 5.32 Å². The number of amides is 3. The number of nitriles is 1. The molecule has 0 spiro atoms. The first kappa shape index (κ1) is 13.4. The van der Waals surface area contributed by atoms with Crippen LogP contribution in [0.4, 0.5) is 14.9 Å². The molecule has 1 unspecified atom stereocenters. The molecule has 0 aliphatic rings. The molecule has 4 N–H and O–H groups in total. The molecule has 0 saturated heterocycles. The van der Waals surface area contributed by atoms with Crippen molar-refractivity contribution in [1.29, 1.82) is 5.26 Å². The summed E-state index contributed by atoms with van der Waals surface area (Å²) in [6.45, 7) is 1.49. The molecule has 0 bridgehead atoms. The lowest BCUT2D eigenvalue weighted by Crippen LogP contribution is -2.43. The summed E-state index contributed by atoms with van der Waals surface area (Å²) < 4.78 is 13.0. The van der Waals surface area contributed by atoms with Crippen molar-refractivity contribution < 1.29 is 14.0 Å². The molecule has 0 aliphatic carbocycles. The van der Waals surface area contributed by atoms with Gasteiger partial charge in [-0.2, -0.15) is 5.26 Å². The predicted octanol–water partition coefficient (Wildman–Crippen LogP) is 0.693. The lowest BCUT2D eigenvalue weighted by molar-refractivity contribution is -0.120. The number of nitrogens with two attached hydrogens (primary N) is 1. The van der Waals surface area contributed by atoms with Crippen LogP contribution in [0, 0.1) is 17.1 Å². The highest BCUT2D eigenvalue weighted by Crippen LogP contribution is 2.14. The minimum Gasteiger partial charge on any atom is -0.374 e. The first-order valence-electron chi connectivity index (χ1n) is 5.00. The van der Waals surface area contributed by atoms with E-state index in [1.165, 1.54) is 19.1 Å². The van der Waals surface area contributed by atoms with E-state index >= 15 is 0 Å². The first-order valence-corrected chi connectivity index (χ1v) is 5.00. The number of hydrogen-bond donors (Lipinski definition) is 3. The molecule has 1 rings (SSSR count). The van der Waals surface area contributed by atoms with Gasteiger partial charge in [-0.1, -0.05) is 0 Å². The van der Waals surface area contributed by atoms with Gasteiger partial charge in [-0.15, -0.1) is 0 Å². The maximum absolute atomic E-state index is 13.0. The largest absolute Gasteiger partial charge is 0.374 e. The van der Waals surface area contributed by atoms with Crippen LogP contribution in [0.25, 0.3) is 0 Å². The minimum absolute atomic E-state index is 0.137. The Kier molecular flexibility index (Phi) is 4.21. The molecule has 0 saturated carbocycles. The van der Waals surface area contributed by atoms with Gasteiger partial charge in [0.1, 0.15) is 17.9 Å². The van der Waals surface area contributed by atoms with Crippen LogP contribution in [-0.4, -0.2) is 18.0 Å². The number of urea groups is 1. The number of carbonyl (C=O) groups excluding carboxylic acids is 2. The average Bonchev–Trinajstić information content (AvgIpc) is 2.30. The Morgan fingerprint density at radius 3 is 2.72 bits per heavy atom. The summed E-state index contributed by atoms with van der Waals surface area (Å²) in [7, 11) is 0. The number of carbonyl (C=O) groups is 2. The third kappa shape index (κ3) is 3.45. The third-order valence-corrected chi connectivity index (χ3v) is 2.11. The first-order chi connectivity index (χ1) is 8.43. The predicted molar refractivity (Wildman–Crippen MR) is 61.9 cm³/mol. The van der Waals surface area contributed by atoms with Gasteiger partial charge in [0, 0.05) is 5.69 Å². The van der Waals surface area contributed by atoms with Crippen molar-refractivity contribution in [2.24, 2.45) is 5.73 Å². The zero-order chi connectivity index (χ0) is 13.7. The van der Waals surface area contributed by atoms with Gasteiger partial charge in [-0.3, -0.25) is 10.1 Å². The zero-order valence-corrected chi connectivity index (χ0v) is 9.53. The summed E-state index contributed by atoms with van der Waals surface area (Å²) >= 11 is 0. The van der Waals surface area contributed by atoms with Crippen LogP contribution in [0.5, 0.6) is 0 Å². The lowest BCUT2D eigenvalue weighted by atomic mass is 10.2. The Morgan fingerprint density at radius 1 is 1.50 bits per heavy atom. The van der Waals surface area contributed by atoms with E-state index in [0.717, 1.165) is 6.07 Å². The van der Waals surface area contributed by atoms with Gasteiger partial charge in [0.25, 0.3) is 0 Å². The zero-order valence-electron chi connectivity index (χ0n) is 9.53. The number of hydrogen-bond acceptors (Lipinski definition) is 4. The molecule has 7 heteroatoms. The molecular weight excluding hydrogens is 239 g/mol. The number of rotatable bonds is 3. The standard InChI is InChI=1S/C11H11FN4O2/c1-6(10(17)16-11(14)18)15-8-2-3-9(12)7(4-8)5-13/h2-4,6,15H,1H3,(H3,14,16,17,18). The van der Waals surface area contributed by atoms with Crippen LogP contribution in [0.2, 0.25) is 0 Å². The molecule has 3 amide bonds. The van der Waals surface area contributed by atoms with E-state index < -0.39 is 23.8 Å². The third-order valence-electron chi connectivity index (χ3n) is 2.11. The minimum atomic E-state index is -0.953. The van der Waals surface area contributed by atoms with Crippen molar-refractivity contribution in [3.63, 3.8) is 0 Å².